The van der Waals surface area contributed by atoms with Gasteiger partial charge in [-0.15, -0.1) is 0 Å². The maximum atomic E-state index is 2.55. The third kappa shape index (κ3) is 7.93. The first kappa shape index (κ1) is 49.2. The van der Waals surface area contributed by atoms with Gasteiger partial charge in [-0.1, -0.05) is 176 Å². The highest BCUT2D eigenvalue weighted by molar-refractivity contribution is 6.11. The van der Waals surface area contributed by atoms with Crippen molar-refractivity contribution in [1.29, 1.82) is 0 Å². The maximum Gasteiger partial charge on any atom is 0.0541 e. The third-order valence-electron chi connectivity index (χ3n) is 19.6. The first-order valence-corrected chi connectivity index (χ1v) is 31.0. The van der Waals surface area contributed by atoms with Gasteiger partial charge in [0.05, 0.1) is 16.6 Å². The predicted octanol–water partition coefficient (Wildman–Crippen LogP) is 21.9. The Bertz CT molecular complexity index is 5280. The number of hydrogen-bond donors (Lipinski definition) is 0. The molecule has 0 N–H and O–H groups in total. The molecule has 0 aliphatic heterocycles. The molecule has 0 saturated carbocycles. The van der Waals surface area contributed by atoms with Crippen LogP contribution in [-0.2, 0) is 32.1 Å². The van der Waals surface area contributed by atoms with Crippen LogP contribution in [0.1, 0.15) is 58.3 Å². The second-order valence-corrected chi connectivity index (χ2v) is 24.4. The molecule has 4 aliphatic carbocycles. The van der Waals surface area contributed by atoms with Crippen LogP contribution in [0.2, 0.25) is 0 Å². The highest BCUT2D eigenvalue weighted by Crippen LogP contribution is 2.46. The van der Waals surface area contributed by atoms with E-state index in [1.165, 1.54) is 178 Å². The molecule has 0 spiro atoms. The average Bonchev–Trinajstić information content (AvgIpc) is 2.10. The van der Waals surface area contributed by atoms with Gasteiger partial charge >= 0.3 is 0 Å². The van der Waals surface area contributed by atoms with Crippen molar-refractivity contribution in [2.24, 2.45) is 0 Å². The minimum Gasteiger partial charge on any atom is -0.313 e. The molecule has 2 heteroatoms. The first-order valence-electron chi connectivity index (χ1n) is 31.0. The second-order valence-electron chi connectivity index (χ2n) is 24.4. The van der Waals surface area contributed by atoms with E-state index in [9.17, 15) is 0 Å². The summed E-state index contributed by atoms with van der Waals surface area (Å²) in [7, 11) is 0. The largest absolute Gasteiger partial charge is 0.313 e. The summed E-state index contributed by atoms with van der Waals surface area (Å²) in [6.07, 6.45) is 20.3. The van der Waals surface area contributed by atoms with Crippen LogP contribution in [0, 0.1) is 0 Å². The fourth-order valence-corrected chi connectivity index (χ4v) is 15.2. The standard InChI is InChI=1S/C84H60N2/c1-3-17-53(18-4-1)61-41-63(45-65(43-61)77-51-59-33-37-69(59)71-25-7-9-27-73(71)77)57-35-39-83-79(49-57)75-29-11-13-31-81(75)85(83)67-23-15-21-55(47-67)56-22-16-24-68(48-56)86-82-32-14-12-30-76(82)80-50-58(36-40-84(80)86)64-42-62(54-19-5-2-6-20-54)44-66(46-64)78-52-60-34-38-70(60)72-26-8-10-28-74(72)78/h1-5,7-12,14-19,21-30,32,35-36,39-52H,6,13,20,31,33-34,37-38H2. The van der Waals surface area contributed by atoms with E-state index in [0.29, 0.717) is 0 Å². The molecule has 2 nitrogen and oxygen atoms in total. The lowest BCUT2D eigenvalue weighted by Gasteiger charge is -2.24. The predicted molar refractivity (Wildman–Crippen MR) is 364 cm³/mol. The molecule has 406 valence electrons. The summed E-state index contributed by atoms with van der Waals surface area (Å²) in [5.74, 6) is 0. The van der Waals surface area contributed by atoms with Crippen molar-refractivity contribution >= 4 is 65.9 Å². The molecule has 0 fully saturated rings. The Balaban J connectivity index is 0.724. The zero-order chi connectivity index (χ0) is 56.4. The molecule has 0 atom stereocenters. The van der Waals surface area contributed by atoms with Crippen LogP contribution in [0.3, 0.4) is 0 Å². The number of para-hydroxylation sites is 1. The van der Waals surface area contributed by atoms with Gasteiger partial charge < -0.3 is 9.13 Å². The van der Waals surface area contributed by atoms with Gasteiger partial charge in [0.1, 0.15) is 0 Å². The fraction of sp³-hybridized carbons (Fsp3) is 0.0952. The molecule has 2 heterocycles. The van der Waals surface area contributed by atoms with Crippen molar-refractivity contribution in [3.8, 4) is 78.1 Å². The van der Waals surface area contributed by atoms with Gasteiger partial charge in [0.2, 0.25) is 0 Å². The molecule has 0 radical (unpaired) electrons. The summed E-state index contributed by atoms with van der Waals surface area (Å²) in [4.78, 5) is 0. The summed E-state index contributed by atoms with van der Waals surface area (Å²) >= 11 is 0. The number of allylic oxidation sites excluding steroid dienone is 5. The molecule has 0 saturated heterocycles. The van der Waals surface area contributed by atoms with E-state index < -0.39 is 0 Å². The van der Waals surface area contributed by atoms with E-state index in [0.717, 1.165) is 50.6 Å². The van der Waals surface area contributed by atoms with Gasteiger partial charge in [-0.05, 0) is 264 Å². The number of rotatable bonds is 9. The zero-order valence-corrected chi connectivity index (χ0v) is 48.0. The summed E-state index contributed by atoms with van der Waals surface area (Å²) in [5.41, 5.74) is 32.4. The number of hydrogen-bond acceptors (Lipinski definition) is 0. The topological polar surface area (TPSA) is 9.86 Å². The van der Waals surface area contributed by atoms with Crippen molar-refractivity contribution in [2.75, 3.05) is 0 Å². The summed E-state index contributed by atoms with van der Waals surface area (Å²) in [5, 5.41) is 9.29. The lowest BCUT2D eigenvalue weighted by atomic mass is 9.80. The summed E-state index contributed by atoms with van der Waals surface area (Å²) < 4.78 is 5.02. The molecule has 0 amide bonds. The van der Waals surface area contributed by atoms with E-state index in [1.807, 2.05) is 0 Å². The number of benzene rings is 12. The second kappa shape index (κ2) is 19.7. The van der Waals surface area contributed by atoms with Crippen molar-refractivity contribution in [2.45, 2.75) is 51.4 Å². The Labute approximate surface area is 501 Å². The molecule has 86 heavy (non-hydrogen) atoms. The van der Waals surface area contributed by atoms with Crippen LogP contribution in [0.15, 0.2) is 261 Å². The van der Waals surface area contributed by atoms with Gasteiger partial charge in [-0.2, -0.15) is 0 Å². The molecular formula is C84H60N2. The molecule has 12 aromatic carbocycles. The van der Waals surface area contributed by atoms with Gasteiger partial charge in [-0.25, -0.2) is 0 Å². The van der Waals surface area contributed by atoms with Gasteiger partial charge in [0.25, 0.3) is 0 Å². The number of fused-ring (bicyclic) bond motifs is 12. The Morgan fingerprint density at radius 2 is 0.779 bits per heavy atom. The van der Waals surface area contributed by atoms with E-state index >= 15 is 0 Å². The van der Waals surface area contributed by atoms with Crippen LogP contribution >= 0.6 is 0 Å². The van der Waals surface area contributed by atoms with Crippen molar-refractivity contribution in [3.05, 3.63) is 300 Å². The van der Waals surface area contributed by atoms with Crippen LogP contribution in [0.4, 0.5) is 0 Å². The Morgan fingerprint density at radius 3 is 1.41 bits per heavy atom. The quantitative estimate of drug-likeness (QED) is 0.136. The molecule has 0 bridgehead atoms. The third-order valence-corrected chi connectivity index (χ3v) is 19.6. The molecular weight excluding hydrogens is 1040 g/mol. The van der Waals surface area contributed by atoms with Crippen LogP contribution in [-0.4, -0.2) is 9.13 Å². The Morgan fingerprint density at radius 1 is 0.279 bits per heavy atom. The normalized spacial score (nSPS) is 14.1. The van der Waals surface area contributed by atoms with E-state index in [2.05, 4.69) is 276 Å². The number of nitrogens with zero attached hydrogens (tertiary/aromatic N) is 2. The van der Waals surface area contributed by atoms with Gasteiger partial charge in [-0.3, -0.25) is 0 Å². The Kier molecular flexibility index (Phi) is 11.2. The van der Waals surface area contributed by atoms with Crippen LogP contribution < -0.4 is 0 Å². The van der Waals surface area contributed by atoms with E-state index in [4.69, 9.17) is 0 Å². The molecule has 0 unspecified atom stereocenters. The highest BCUT2D eigenvalue weighted by Gasteiger charge is 2.25. The lowest BCUT2D eigenvalue weighted by Crippen LogP contribution is -2.09. The Hall–Kier alpha value is -10.3. The van der Waals surface area contributed by atoms with Crippen LogP contribution in [0.25, 0.3) is 144 Å². The smallest absolute Gasteiger partial charge is 0.0541 e. The molecule has 2 aromatic heterocycles. The molecule has 18 rings (SSSR count). The maximum absolute atomic E-state index is 2.55. The molecule has 4 aliphatic rings. The van der Waals surface area contributed by atoms with Crippen molar-refractivity contribution < 1.29 is 0 Å². The van der Waals surface area contributed by atoms with Crippen molar-refractivity contribution in [1.82, 2.24) is 9.13 Å². The van der Waals surface area contributed by atoms with Crippen molar-refractivity contribution in [3.63, 3.8) is 0 Å². The zero-order valence-electron chi connectivity index (χ0n) is 48.0. The number of aryl methyl sites for hydroxylation is 4. The minimum atomic E-state index is 0.984. The van der Waals surface area contributed by atoms with Crippen LogP contribution in [0.5, 0.6) is 0 Å². The summed E-state index contributed by atoms with van der Waals surface area (Å²) in [6.45, 7) is 0. The fourth-order valence-electron chi connectivity index (χ4n) is 15.2. The first-order chi connectivity index (χ1) is 42.6. The minimum absolute atomic E-state index is 0.984. The summed E-state index contributed by atoms with van der Waals surface area (Å²) in [6, 6.07) is 90.3. The SMILES string of the molecule is C1=CCCC(c2cc(-c3ccc4c(c3)c3ccccc3n4-c3cccc(-c4cccc(-n5c6c(c7cc(-c8cc(-c9ccccc9)cc(-c9cc%10c(c%11ccccc9%11)CC%10)c8)ccc75)C=CCC6)c4)c3)cc(-c3cc4c(c5ccccc35)CC4)c2)=C1. The molecule has 14 aromatic rings. The van der Waals surface area contributed by atoms with Gasteiger partial charge in [0.15, 0.2) is 0 Å². The monoisotopic (exact) mass is 1100 g/mol. The van der Waals surface area contributed by atoms with Gasteiger partial charge in [0, 0.05) is 38.8 Å². The average molecular weight is 1100 g/mol. The van der Waals surface area contributed by atoms with E-state index in [1.54, 1.807) is 0 Å². The van der Waals surface area contributed by atoms with E-state index in [-0.39, 0.29) is 0 Å². The lowest BCUT2D eigenvalue weighted by molar-refractivity contribution is 0.852. The highest BCUT2D eigenvalue weighted by atomic mass is 15.0. The number of aromatic nitrogens is 2.